The minimum atomic E-state index is -1.57. The number of esters is 2. The second-order valence-electron chi connectivity index (χ2n) is 4.04. The summed E-state index contributed by atoms with van der Waals surface area (Å²) in [5.74, 6) is -3.18. The molecule has 2 atom stereocenters. The van der Waals surface area contributed by atoms with Crippen molar-refractivity contribution >= 4 is 17.9 Å². The van der Waals surface area contributed by atoms with E-state index in [1.807, 2.05) is 0 Å². The third kappa shape index (κ3) is 5.62. The average Bonchev–Trinajstić information content (AvgIpc) is 2.26. The summed E-state index contributed by atoms with van der Waals surface area (Å²) in [6, 6.07) is -0.922. The highest BCUT2D eigenvalue weighted by molar-refractivity contribution is 5.84. The lowest BCUT2D eigenvalue weighted by Crippen LogP contribution is -2.41. The lowest BCUT2D eigenvalue weighted by Gasteiger charge is -2.18. The molecule has 3 N–H and O–H groups in total. The van der Waals surface area contributed by atoms with Crippen LogP contribution in [-0.4, -0.2) is 41.8 Å². The van der Waals surface area contributed by atoms with Crippen LogP contribution in [0.1, 0.15) is 27.2 Å². The Morgan fingerprint density at radius 2 is 1.83 bits per heavy atom. The maximum atomic E-state index is 11.5. The van der Waals surface area contributed by atoms with Gasteiger partial charge in [0.05, 0.1) is 13.0 Å². The second kappa shape index (κ2) is 7.65. The Balaban J connectivity index is 4.50. The maximum Gasteiger partial charge on any atom is 0.345 e. The predicted octanol–water partition coefficient (Wildman–Crippen LogP) is -0.0807. The van der Waals surface area contributed by atoms with Gasteiger partial charge in [0.25, 0.3) is 0 Å². The summed E-state index contributed by atoms with van der Waals surface area (Å²) >= 11 is 0. The van der Waals surface area contributed by atoms with Gasteiger partial charge in [-0.25, -0.2) is 4.79 Å². The fraction of sp³-hybridized carbons (Fsp3) is 0.727. The number of hydrogen-bond donors (Lipinski definition) is 2. The van der Waals surface area contributed by atoms with E-state index in [4.69, 9.17) is 10.8 Å². The molecule has 0 aliphatic heterocycles. The topological polar surface area (TPSA) is 116 Å². The zero-order valence-electron chi connectivity index (χ0n) is 10.7. The van der Waals surface area contributed by atoms with E-state index < -0.39 is 36.5 Å². The summed E-state index contributed by atoms with van der Waals surface area (Å²) in [5.41, 5.74) is 5.51. The van der Waals surface area contributed by atoms with Crippen molar-refractivity contribution < 1.29 is 29.0 Å². The van der Waals surface area contributed by atoms with Gasteiger partial charge in [-0.1, -0.05) is 13.8 Å². The van der Waals surface area contributed by atoms with Gasteiger partial charge in [0, 0.05) is 0 Å². The van der Waals surface area contributed by atoms with Gasteiger partial charge in [0.2, 0.25) is 6.10 Å². The molecule has 0 aromatic carbocycles. The number of aliphatic carboxylic acids is 1. The highest BCUT2D eigenvalue weighted by Crippen LogP contribution is 2.07. The fourth-order valence-electron chi connectivity index (χ4n) is 1.04. The molecule has 0 radical (unpaired) electrons. The van der Waals surface area contributed by atoms with E-state index in [1.165, 1.54) is 0 Å². The number of carbonyl (C=O) groups is 3. The van der Waals surface area contributed by atoms with Crippen molar-refractivity contribution in [3.63, 3.8) is 0 Å². The quantitative estimate of drug-likeness (QED) is 0.615. The van der Waals surface area contributed by atoms with Gasteiger partial charge in [0.1, 0.15) is 6.04 Å². The Kier molecular flexibility index (Phi) is 6.96. The Bertz CT molecular complexity index is 315. The number of carbonyl (C=O) groups excluding carboxylic acids is 2. The number of nitrogens with two attached hydrogens (primary N) is 1. The average molecular weight is 261 g/mol. The van der Waals surface area contributed by atoms with E-state index in [1.54, 1.807) is 20.8 Å². The van der Waals surface area contributed by atoms with Crippen LogP contribution in [0.15, 0.2) is 0 Å². The number of carboxylic acid groups (broad SMARTS) is 1. The molecule has 1 unspecified atom stereocenters. The molecule has 0 aliphatic carbocycles. The van der Waals surface area contributed by atoms with Crippen LogP contribution in [0.3, 0.4) is 0 Å². The molecule has 0 aliphatic rings. The van der Waals surface area contributed by atoms with Crippen LogP contribution in [0.5, 0.6) is 0 Å². The Hall–Kier alpha value is -1.63. The Morgan fingerprint density at radius 1 is 1.28 bits per heavy atom. The molecule has 0 fully saturated rings. The van der Waals surface area contributed by atoms with Crippen molar-refractivity contribution in [2.75, 3.05) is 6.61 Å². The zero-order valence-corrected chi connectivity index (χ0v) is 10.7. The molecule has 0 spiro atoms. The van der Waals surface area contributed by atoms with Crippen molar-refractivity contribution in [3.8, 4) is 0 Å². The third-order valence-corrected chi connectivity index (χ3v) is 2.18. The standard InChI is InChI=1S/C11H19NO6/c1-4-17-8(13)5-7(10(14)15)18-11(16)9(12)6(2)3/h6-7,9H,4-5,12H2,1-3H3,(H,14,15)/t7?,9-/m0/s1. The first-order chi connectivity index (χ1) is 8.29. The highest BCUT2D eigenvalue weighted by Gasteiger charge is 2.29. The van der Waals surface area contributed by atoms with Crippen LogP contribution in [0.4, 0.5) is 0 Å². The number of hydrogen-bond acceptors (Lipinski definition) is 6. The summed E-state index contributed by atoms with van der Waals surface area (Å²) < 4.78 is 9.27. The molecule has 104 valence electrons. The van der Waals surface area contributed by atoms with Crippen LogP contribution >= 0.6 is 0 Å². The molecule has 0 saturated heterocycles. The molecule has 7 nitrogen and oxygen atoms in total. The molecule has 0 aromatic rings. The van der Waals surface area contributed by atoms with E-state index in [0.29, 0.717) is 0 Å². The van der Waals surface area contributed by atoms with Gasteiger partial charge in [-0.3, -0.25) is 9.59 Å². The second-order valence-corrected chi connectivity index (χ2v) is 4.04. The highest BCUT2D eigenvalue weighted by atomic mass is 16.6. The minimum Gasteiger partial charge on any atom is -0.478 e. The van der Waals surface area contributed by atoms with Crippen molar-refractivity contribution in [1.82, 2.24) is 0 Å². The Labute approximate surface area is 105 Å². The van der Waals surface area contributed by atoms with E-state index in [2.05, 4.69) is 9.47 Å². The third-order valence-electron chi connectivity index (χ3n) is 2.18. The predicted molar refractivity (Wildman–Crippen MR) is 61.6 cm³/mol. The van der Waals surface area contributed by atoms with Crippen LogP contribution in [0.25, 0.3) is 0 Å². The van der Waals surface area contributed by atoms with Gasteiger partial charge in [-0.2, -0.15) is 0 Å². The summed E-state index contributed by atoms with van der Waals surface area (Å²) in [7, 11) is 0. The van der Waals surface area contributed by atoms with Crippen molar-refractivity contribution in [3.05, 3.63) is 0 Å². The van der Waals surface area contributed by atoms with Crippen LogP contribution < -0.4 is 5.73 Å². The lowest BCUT2D eigenvalue weighted by atomic mass is 10.1. The Morgan fingerprint density at radius 3 is 2.22 bits per heavy atom. The molecule has 0 aromatic heterocycles. The molecule has 0 amide bonds. The van der Waals surface area contributed by atoms with Crippen LogP contribution in [0.2, 0.25) is 0 Å². The van der Waals surface area contributed by atoms with Crippen molar-refractivity contribution in [1.29, 1.82) is 0 Å². The first kappa shape index (κ1) is 16.4. The molecular formula is C11H19NO6. The number of ether oxygens (including phenoxy) is 2. The number of rotatable bonds is 7. The first-order valence-corrected chi connectivity index (χ1v) is 5.64. The van der Waals surface area contributed by atoms with Crippen LogP contribution in [-0.2, 0) is 23.9 Å². The largest absolute Gasteiger partial charge is 0.478 e. The van der Waals surface area contributed by atoms with E-state index in [-0.39, 0.29) is 12.5 Å². The summed E-state index contributed by atoms with van der Waals surface area (Å²) in [6.07, 6.45) is -2.10. The molecular weight excluding hydrogens is 242 g/mol. The number of carboxylic acids is 1. The minimum absolute atomic E-state index is 0.130. The van der Waals surface area contributed by atoms with Gasteiger partial charge in [0.15, 0.2) is 0 Å². The monoisotopic (exact) mass is 261 g/mol. The van der Waals surface area contributed by atoms with Crippen molar-refractivity contribution in [2.45, 2.75) is 39.3 Å². The summed E-state index contributed by atoms with van der Waals surface area (Å²) in [4.78, 5) is 33.5. The molecule has 7 heteroatoms. The lowest BCUT2D eigenvalue weighted by molar-refractivity contribution is -0.169. The SMILES string of the molecule is CCOC(=O)CC(OC(=O)[C@@H](N)C(C)C)C(=O)O. The maximum absolute atomic E-state index is 11.5. The summed E-state index contributed by atoms with van der Waals surface area (Å²) in [6.45, 7) is 5.12. The molecule has 0 saturated carbocycles. The first-order valence-electron chi connectivity index (χ1n) is 5.64. The van der Waals surface area contributed by atoms with Gasteiger partial charge < -0.3 is 20.3 Å². The molecule has 0 bridgehead atoms. The fourth-order valence-corrected chi connectivity index (χ4v) is 1.04. The van der Waals surface area contributed by atoms with E-state index in [0.717, 1.165) is 0 Å². The zero-order chi connectivity index (χ0) is 14.3. The van der Waals surface area contributed by atoms with Gasteiger partial charge in [-0.05, 0) is 12.8 Å². The molecule has 0 heterocycles. The molecule has 18 heavy (non-hydrogen) atoms. The van der Waals surface area contributed by atoms with E-state index >= 15 is 0 Å². The van der Waals surface area contributed by atoms with Gasteiger partial charge in [-0.15, -0.1) is 0 Å². The van der Waals surface area contributed by atoms with Gasteiger partial charge >= 0.3 is 17.9 Å². The smallest absolute Gasteiger partial charge is 0.345 e. The van der Waals surface area contributed by atoms with Crippen molar-refractivity contribution in [2.24, 2.45) is 11.7 Å². The summed E-state index contributed by atoms with van der Waals surface area (Å²) in [5, 5.41) is 8.83. The van der Waals surface area contributed by atoms with E-state index in [9.17, 15) is 14.4 Å². The van der Waals surface area contributed by atoms with Crippen LogP contribution in [0, 0.1) is 5.92 Å². The molecule has 0 rings (SSSR count). The normalized spacial score (nSPS) is 13.8.